The first-order valence-corrected chi connectivity index (χ1v) is 19.9. The summed E-state index contributed by atoms with van der Waals surface area (Å²) < 4.78 is 12.2. The van der Waals surface area contributed by atoms with E-state index in [9.17, 15) is 24.3 Å². The number of hydrogen-bond acceptors (Lipinski definition) is 6. The largest absolute Gasteiger partial charge is 0.481 e. The summed E-state index contributed by atoms with van der Waals surface area (Å²) in [6.07, 6.45) is 12.3. The van der Waals surface area contributed by atoms with Crippen molar-refractivity contribution in [1.82, 2.24) is 5.32 Å². The van der Waals surface area contributed by atoms with Gasteiger partial charge in [0.2, 0.25) is 0 Å². The van der Waals surface area contributed by atoms with E-state index >= 15 is 0 Å². The molecule has 0 spiro atoms. The molecule has 6 aliphatic rings. The first-order chi connectivity index (χ1) is 23.2. The van der Waals surface area contributed by atoms with Gasteiger partial charge in [0.25, 0.3) is 0 Å². The topological polar surface area (TPSA) is 119 Å². The van der Waals surface area contributed by atoms with Crippen molar-refractivity contribution in [1.29, 1.82) is 0 Å². The molecule has 2 N–H and O–H groups in total. The van der Waals surface area contributed by atoms with Crippen LogP contribution in [0.15, 0.2) is 11.1 Å². The Kier molecular flexibility index (Phi) is 9.45. The standard InChI is InChI=1S/C42H65NO7/c1-25(2)33-28(44)23-42(43-36(48)49-26-13-11-10-12-14-26)22-21-40(8)27(34(33)42)15-16-30-39(7)19-18-31(50-32(45)24-37(3,4)35(46)47)38(5,6)29(39)17-20-41(30,40)9/h25-26,29-31,33H,10-24H2,1-9H3,(H,43,48)(H,46,47)/t29?,30?,31-,33?,39-,40+,41+,42+/m0/s1. The second-order valence-corrected chi connectivity index (χ2v) is 19.8. The van der Waals surface area contributed by atoms with E-state index in [0.29, 0.717) is 18.3 Å². The van der Waals surface area contributed by atoms with E-state index in [2.05, 4.69) is 53.8 Å². The second kappa shape index (κ2) is 12.6. The molecule has 5 fully saturated rings. The smallest absolute Gasteiger partial charge is 0.408 e. The number of allylic oxidation sites excluding steroid dienone is 1. The molecule has 8 nitrogen and oxygen atoms in total. The number of ether oxygens (including phenoxy) is 2. The van der Waals surface area contributed by atoms with E-state index in [1.807, 2.05) is 0 Å². The van der Waals surface area contributed by atoms with Crippen LogP contribution in [0, 0.1) is 50.7 Å². The highest BCUT2D eigenvalue weighted by molar-refractivity contribution is 5.92. The van der Waals surface area contributed by atoms with Gasteiger partial charge in [0.05, 0.1) is 17.4 Å². The van der Waals surface area contributed by atoms with Crippen molar-refractivity contribution >= 4 is 23.8 Å². The molecular formula is C42H65NO7. The van der Waals surface area contributed by atoms with Gasteiger partial charge in [-0.15, -0.1) is 0 Å². The Morgan fingerprint density at radius 3 is 2.20 bits per heavy atom. The minimum atomic E-state index is -1.16. The van der Waals surface area contributed by atoms with Gasteiger partial charge in [0.1, 0.15) is 18.0 Å². The summed E-state index contributed by atoms with van der Waals surface area (Å²) in [5, 5.41) is 13.0. The van der Waals surface area contributed by atoms with Crippen LogP contribution in [0.3, 0.4) is 0 Å². The molecule has 5 saturated carbocycles. The van der Waals surface area contributed by atoms with Gasteiger partial charge in [-0.3, -0.25) is 14.4 Å². The van der Waals surface area contributed by atoms with Crippen LogP contribution in [0.5, 0.6) is 0 Å². The summed E-state index contributed by atoms with van der Waals surface area (Å²) in [4.78, 5) is 52.3. The number of carboxylic acid groups (broad SMARTS) is 1. The maximum atomic E-state index is 13.9. The van der Waals surface area contributed by atoms with E-state index < -0.39 is 22.9 Å². The number of amides is 1. The van der Waals surface area contributed by atoms with Crippen LogP contribution in [0.1, 0.15) is 159 Å². The zero-order valence-electron chi connectivity index (χ0n) is 32.5. The first-order valence-electron chi connectivity index (χ1n) is 19.9. The SMILES string of the molecule is CC(C)C1C(=O)C[C@]2(NC(=O)OC3CCCCC3)CC[C@]3(C)C(=C12)CCC1[C@@]2(C)CC[C@H](OC(=O)CC(C)(C)C(=O)O)C(C)(C)C2CC[C@]13C. The highest BCUT2D eigenvalue weighted by Crippen LogP contribution is 2.75. The van der Waals surface area contributed by atoms with E-state index in [-0.39, 0.29) is 64.0 Å². The van der Waals surface area contributed by atoms with Crippen LogP contribution < -0.4 is 5.32 Å². The van der Waals surface area contributed by atoms with Gasteiger partial charge in [0.15, 0.2) is 0 Å². The Morgan fingerprint density at radius 1 is 0.880 bits per heavy atom. The summed E-state index contributed by atoms with van der Waals surface area (Å²) >= 11 is 0. The predicted molar refractivity (Wildman–Crippen MR) is 192 cm³/mol. The van der Waals surface area contributed by atoms with Gasteiger partial charge in [0, 0.05) is 17.8 Å². The lowest BCUT2D eigenvalue weighted by Gasteiger charge is -2.70. The number of carbonyl (C=O) groups excluding carboxylic acids is 3. The summed E-state index contributed by atoms with van der Waals surface area (Å²) in [6, 6.07) is 0. The molecule has 0 radical (unpaired) electrons. The molecule has 0 saturated heterocycles. The average molecular weight is 696 g/mol. The number of alkyl carbamates (subject to hydrolysis) is 1. The lowest BCUT2D eigenvalue weighted by molar-refractivity contribution is -0.214. The van der Waals surface area contributed by atoms with Crippen LogP contribution in [0.2, 0.25) is 0 Å². The Bertz CT molecular complexity index is 1440. The Hall–Kier alpha value is -2.38. The van der Waals surface area contributed by atoms with Crippen molar-refractivity contribution in [2.24, 2.45) is 50.7 Å². The summed E-state index contributed by atoms with van der Waals surface area (Å²) in [5.41, 5.74) is 0.574. The number of fused-ring (bicyclic) bond motifs is 6. The molecular weight excluding hydrogens is 630 g/mol. The molecule has 0 aromatic carbocycles. The number of rotatable bonds is 7. The van der Waals surface area contributed by atoms with Crippen molar-refractivity contribution in [3.8, 4) is 0 Å². The number of hydrogen-bond donors (Lipinski definition) is 2. The third-order valence-corrected chi connectivity index (χ3v) is 15.9. The molecule has 3 unspecified atom stereocenters. The maximum absolute atomic E-state index is 13.9. The first kappa shape index (κ1) is 37.4. The van der Waals surface area contributed by atoms with Crippen molar-refractivity contribution in [2.75, 3.05) is 0 Å². The highest BCUT2D eigenvalue weighted by atomic mass is 16.6. The molecule has 0 aromatic heterocycles. The molecule has 280 valence electrons. The number of aliphatic carboxylic acids is 1. The van der Waals surface area contributed by atoms with Crippen LogP contribution in [0.25, 0.3) is 0 Å². The number of nitrogens with one attached hydrogen (secondary N) is 1. The highest BCUT2D eigenvalue weighted by Gasteiger charge is 2.69. The van der Waals surface area contributed by atoms with Gasteiger partial charge < -0.3 is 19.9 Å². The molecule has 0 aromatic rings. The van der Waals surface area contributed by atoms with Crippen molar-refractivity contribution < 1.29 is 33.8 Å². The minimum absolute atomic E-state index is 0.0197. The van der Waals surface area contributed by atoms with Crippen LogP contribution in [0.4, 0.5) is 4.79 Å². The zero-order chi connectivity index (χ0) is 36.7. The van der Waals surface area contributed by atoms with Crippen molar-refractivity contribution in [3.63, 3.8) is 0 Å². The molecule has 1 amide bonds. The van der Waals surface area contributed by atoms with Gasteiger partial charge in [-0.05, 0) is 130 Å². The predicted octanol–water partition coefficient (Wildman–Crippen LogP) is 9.19. The number of Topliss-reactive ketones (excluding diaryl/α,β-unsaturated/α-hetero) is 1. The summed E-state index contributed by atoms with van der Waals surface area (Å²) in [7, 11) is 0. The van der Waals surface area contributed by atoms with E-state index in [4.69, 9.17) is 9.47 Å². The number of esters is 1. The fraction of sp³-hybridized carbons (Fsp3) is 0.857. The fourth-order valence-corrected chi connectivity index (χ4v) is 13.0. The maximum Gasteiger partial charge on any atom is 0.408 e. The van der Waals surface area contributed by atoms with E-state index in [1.165, 1.54) is 17.6 Å². The van der Waals surface area contributed by atoms with Crippen LogP contribution >= 0.6 is 0 Å². The van der Waals surface area contributed by atoms with Gasteiger partial charge >= 0.3 is 18.0 Å². The second-order valence-electron chi connectivity index (χ2n) is 19.8. The molecule has 0 bridgehead atoms. The Labute approximate surface area is 300 Å². The molecule has 8 atom stereocenters. The number of ketones is 1. The lowest BCUT2D eigenvalue weighted by Crippen LogP contribution is -2.65. The Morgan fingerprint density at radius 2 is 1.56 bits per heavy atom. The fourth-order valence-electron chi connectivity index (χ4n) is 13.0. The monoisotopic (exact) mass is 695 g/mol. The van der Waals surface area contributed by atoms with Crippen LogP contribution in [-0.2, 0) is 23.9 Å². The quantitative estimate of drug-likeness (QED) is 0.201. The molecule has 8 heteroatoms. The average Bonchev–Trinajstić information content (AvgIpc) is 3.30. The van der Waals surface area contributed by atoms with Gasteiger partial charge in [-0.1, -0.05) is 60.5 Å². The number of carboxylic acids is 1. The summed E-state index contributed by atoms with van der Waals surface area (Å²) in [6.45, 7) is 19.5. The van der Waals surface area contributed by atoms with Gasteiger partial charge in [-0.25, -0.2) is 4.79 Å². The van der Waals surface area contributed by atoms with E-state index in [0.717, 1.165) is 77.0 Å². The third kappa shape index (κ3) is 5.76. The third-order valence-electron chi connectivity index (χ3n) is 15.9. The summed E-state index contributed by atoms with van der Waals surface area (Å²) in [5.74, 6) is -0.348. The molecule has 0 heterocycles. The zero-order valence-corrected chi connectivity index (χ0v) is 32.5. The Balaban J connectivity index is 1.29. The van der Waals surface area contributed by atoms with Crippen molar-refractivity contribution in [2.45, 2.75) is 176 Å². The lowest BCUT2D eigenvalue weighted by atomic mass is 9.34. The molecule has 6 rings (SSSR count). The normalized spacial score (nSPS) is 39.9. The molecule has 50 heavy (non-hydrogen) atoms. The van der Waals surface area contributed by atoms with Crippen LogP contribution in [-0.4, -0.2) is 46.7 Å². The molecule has 0 aliphatic heterocycles. The van der Waals surface area contributed by atoms with Gasteiger partial charge in [-0.2, -0.15) is 0 Å². The molecule has 6 aliphatic carbocycles. The van der Waals surface area contributed by atoms with Crippen molar-refractivity contribution in [3.05, 3.63) is 11.1 Å². The minimum Gasteiger partial charge on any atom is -0.481 e. The number of carbonyl (C=O) groups is 4. The van der Waals surface area contributed by atoms with E-state index in [1.54, 1.807) is 13.8 Å².